The van der Waals surface area contributed by atoms with E-state index in [1.54, 1.807) is 18.8 Å². The predicted molar refractivity (Wildman–Crippen MR) is 73.7 cm³/mol. The van der Waals surface area contributed by atoms with Crippen molar-refractivity contribution in [1.29, 1.82) is 0 Å². The first kappa shape index (κ1) is 14.8. The van der Waals surface area contributed by atoms with Gasteiger partial charge in [0, 0.05) is 18.8 Å². The van der Waals surface area contributed by atoms with E-state index in [4.69, 9.17) is 0 Å². The van der Waals surface area contributed by atoms with Crippen LogP contribution in [-0.4, -0.2) is 36.0 Å². The Morgan fingerprint density at radius 3 is 2.94 bits per heavy atom. The summed E-state index contributed by atoms with van der Waals surface area (Å²) in [5, 5.41) is 6.02. The van der Waals surface area contributed by atoms with Crippen LogP contribution in [0.2, 0.25) is 0 Å². The minimum atomic E-state index is -0.517. The number of nitrogens with one attached hydrogen (secondary N) is 2. The van der Waals surface area contributed by atoms with Gasteiger partial charge in [-0.15, -0.1) is 0 Å². The Bertz CT molecular complexity index is 414. The molecule has 0 fully saturated rings. The van der Waals surface area contributed by atoms with Crippen molar-refractivity contribution in [3.8, 4) is 0 Å². The monoisotopic (exact) mass is 271 g/mol. The minimum absolute atomic E-state index is 0.231. The second kappa shape index (κ2) is 7.20. The fourth-order valence-electron chi connectivity index (χ4n) is 1.41. The molecule has 0 radical (unpaired) electrons. The highest BCUT2D eigenvalue weighted by Crippen LogP contribution is 2.13. The number of carbonyl (C=O) groups excluding carboxylic acids is 1. The Labute approximate surface area is 111 Å². The van der Waals surface area contributed by atoms with Gasteiger partial charge < -0.3 is 10.6 Å². The molecule has 0 aliphatic rings. The zero-order valence-corrected chi connectivity index (χ0v) is 11.6. The van der Waals surface area contributed by atoms with E-state index in [2.05, 4.69) is 22.5 Å². The van der Waals surface area contributed by atoms with Crippen LogP contribution in [0.5, 0.6) is 0 Å². The van der Waals surface area contributed by atoms with Gasteiger partial charge in [-0.3, -0.25) is 4.79 Å². The molecule has 18 heavy (non-hydrogen) atoms. The maximum atomic E-state index is 13.1. The van der Waals surface area contributed by atoms with Crippen LogP contribution in [0.25, 0.3) is 0 Å². The molecule has 1 heterocycles. The molecule has 0 aliphatic carbocycles. The average molecular weight is 271 g/mol. The first-order valence-corrected chi connectivity index (χ1v) is 7.01. The van der Waals surface area contributed by atoms with Gasteiger partial charge in [0.2, 0.25) is 0 Å². The van der Waals surface area contributed by atoms with E-state index in [0.29, 0.717) is 17.6 Å². The van der Waals surface area contributed by atoms with Gasteiger partial charge in [0.25, 0.3) is 5.91 Å². The van der Waals surface area contributed by atoms with Crippen LogP contribution in [0.4, 0.5) is 10.2 Å². The van der Waals surface area contributed by atoms with Crippen LogP contribution in [0.1, 0.15) is 23.7 Å². The zero-order valence-electron chi connectivity index (χ0n) is 10.8. The number of halogens is 1. The second-order valence-corrected chi connectivity index (χ2v) is 5.17. The van der Waals surface area contributed by atoms with E-state index < -0.39 is 5.82 Å². The number of carbonyl (C=O) groups is 1. The number of anilines is 1. The lowest BCUT2D eigenvalue weighted by Crippen LogP contribution is -2.27. The van der Waals surface area contributed by atoms with E-state index in [0.717, 1.165) is 12.6 Å². The third kappa shape index (κ3) is 4.18. The zero-order chi connectivity index (χ0) is 13.5. The standard InChI is InChI=1S/C12H18FN3OS/c1-8(18-3)4-5-15-12(17)10-6-9(13)7-16-11(10)14-2/h6-8H,4-5H2,1-3H3,(H,14,16)(H,15,17). The number of thioether (sulfide) groups is 1. The predicted octanol–water partition coefficient (Wildman–Crippen LogP) is 2.13. The molecule has 1 aromatic rings. The first-order chi connectivity index (χ1) is 8.58. The van der Waals surface area contributed by atoms with Gasteiger partial charge in [-0.25, -0.2) is 9.37 Å². The molecule has 1 rings (SSSR count). The first-order valence-electron chi connectivity index (χ1n) is 5.72. The van der Waals surface area contributed by atoms with Crippen molar-refractivity contribution in [2.45, 2.75) is 18.6 Å². The van der Waals surface area contributed by atoms with E-state index in [-0.39, 0.29) is 11.5 Å². The van der Waals surface area contributed by atoms with Crippen molar-refractivity contribution < 1.29 is 9.18 Å². The summed E-state index contributed by atoms with van der Waals surface area (Å²) in [6.45, 7) is 2.67. The lowest BCUT2D eigenvalue weighted by molar-refractivity contribution is 0.0953. The van der Waals surface area contributed by atoms with Gasteiger partial charge in [-0.2, -0.15) is 11.8 Å². The Hall–Kier alpha value is -1.30. The molecule has 1 aromatic heterocycles. The van der Waals surface area contributed by atoms with Crippen molar-refractivity contribution in [3.05, 3.63) is 23.6 Å². The summed E-state index contributed by atoms with van der Waals surface area (Å²) in [7, 11) is 1.65. The number of amides is 1. The number of hydrogen-bond acceptors (Lipinski definition) is 4. The summed E-state index contributed by atoms with van der Waals surface area (Å²) in [5.74, 6) is -0.442. The molecule has 2 N–H and O–H groups in total. The van der Waals surface area contributed by atoms with Crippen LogP contribution >= 0.6 is 11.8 Å². The summed E-state index contributed by atoms with van der Waals surface area (Å²) >= 11 is 1.75. The molecule has 6 heteroatoms. The molecule has 1 amide bonds. The van der Waals surface area contributed by atoms with Crippen molar-refractivity contribution in [2.24, 2.45) is 0 Å². The molecule has 0 spiro atoms. The van der Waals surface area contributed by atoms with Gasteiger partial charge in [-0.1, -0.05) is 6.92 Å². The van der Waals surface area contributed by atoms with E-state index >= 15 is 0 Å². The van der Waals surface area contributed by atoms with Crippen molar-refractivity contribution in [3.63, 3.8) is 0 Å². The Balaban J connectivity index is 2.63. The van der Waals surface area contributed by atoms with E-state index in [1.807, 2.05) is 6.26 Å². The molecule has 100 valence electrons. The Morgan fingerprint density at radius 1 is 1.61 bits per heavy atom. The molecule has 0 aliphatic heterocycles. The lowest BCUT2D eigenvalue weighted by atomic mass is 10.2. The second-order valence-electron chi connectivity index (χ2n) is 3.89. The molecular weight excluding hydrogens is 253 g/mol. The van der Waals surface area contributed by atoms with Crippen LogP contribution in [-0.2, 0) is 0 Å². The van der Waals surface area contributed by atoms with Crippen molar-refractivity contribution in [1.82, 2.24) is 10.3 Å². The van der Waals surface area contributed by atoms with Gasteiger partial charge in [0.1, 0.15) is 11.6 Å². The molecule has 0 aromatic carbocycles. The molecule has 1 unspecified atom stereocenters. The maximum absolute atomic E-state index is 13.1. The minimum Gasteiger partial charge on any atom is -0.372 e. The van der Waals surface area contributed by atoms with E-state index in [1.165, 1.54) is 6.07 Å². The third-order valence-corrected chi connectivity index (χ3v) is 3.61. The molecule has 0 saturated heterocycles. The number of nitrogens with zero attached hydrogens (tertiary/aromatic N) is 1. The lowest BCUT2D eigenvalue weighted by Gasteiger charge is -2.11. The van der Waals surface area contributed by atoms with Gasteiger partial charge in [-0.05, 0) is 18.7 Å². The highest BCUT2D eigenvalue weighted by Gasteiger charge is 2.13. The van der Waals surface area contributed by atoms with Crippen LogP contribution in [0, 0.1) is 5.82 Å². The van der Waals surface area contributed by atoms with Gasteiger partial charge in [0.05, 0.1) is 11.8 Å². The highest BCUT2D eigenvalue weighted by molar-refractivity contribution is 7.99. The molecule has 0 saturated carbocycles. The summed E-state index contributed by atoms with van der Waals surface area (Å²) in [4.78, 5) is 15.7. The maximum Gasteiger partial charge on any atom is 0.255 e. The molecule has 0 bridgehead atoms. The largest absolute Gasteiger partial charge is 0.372 e. The average Bonchev–Trinajstić information content (AvgIpc) is 2.38. The van der Waals surface area contributed by atoms with Gasteiger partial charge >= 0.3 is 0 Å². The van der Waals surface area contributed by atoms with Crippen LogP contribution < -0.4 is 10.6 Å². The van der Waals surface area contributed by atoms with Gasteiger partial charge in [0.15, 0.2) is 0 Å². The fraction of sp³-hybridized carbons (Fsp3) is 0.500. The number of pyridine rings is 1. The normalized spacial score (nSPS) is 12.0. The van der Waals surface area contributed by atoms with E-state index in [9.17, 15) is 9.18 Å². The number of hydrogen-bond donors (Lipinski definition) is 2. The van der Waals surface area contributed by atoms with Crippen molar-refractivity contribution in [2.75, 3.05) is 25.2 Å². The SMILES string of the molecule is CNc1ncc(F)cc1C(=O)NCCC(C)SC. The molecular formula is C12H18FN3OS. The smallest absolute Gasteiger partial charge is 0.255 e. The Kier molecular flexibility index (Phi) is 5.91. The van der Waals surface area contributed by atoms with Crippen LogP contribution in [0.15, 0.2) is 12.3 Å². The van der Waals surface area contributed by atoms with Crippen molar-refractivity contribution >= 4 is 23.5 Å². The van der Waals surface area contributed by atoms with Crippen LogP contribution in [0.3, 0.4) is 0 Å². The molecule has 1 atom stereocenters. The fourth-order valence-corrected chi connectivity index (χ4v) is 1.77. The summed E-state index contributed by atoms with van der Waals surface area (Å²) in [6.07, 6.45) is 3.99. The summed E-state index contributed by atoms with van der Waals surface area (Å²) in [6, 6.07) is 1.19. The highest BCUT2D eigenvalue weighted by atomic mass is 32.2. The third-order valence-electron chi connectivity index (χ3n) is 2.57. The summed E-state index contributed by atoms with van der Waals surface area (Å²) in [5.41, 5.74) is 0.231. The number of aromatic nitrogens is 1. The Morgan fingerprint density at radius 2 is 2.33 bits per heavy atom. The summed E-state index contributed by atoms with van der Waals surface area (Å²) < 4.78 is 13.1. The topological polar surface area (TPSA) is 54.0 Å². The molecule has 4 nitrogen and oxygen atoms in total. The number of rotatable bonds is 6. The quantitative estimate of drug-likeness (QED) is 0.832.